The van der Waals surface area contributed by atoms with Crippen LogP contribution >= 0.6 is 11.3 Å². The Bertz CT molecular complexity index is 890. The molecule has 3 aromatic rings. The smallest absolute Gasteiger partial charge is 0.254 e. The lowest BCUT2D eigenvalue weighted by atomic mass is 10.1. The van der Waals surface area contributed by atoms with Crippen molar-refractivity contribution in [3.8, 4) is 11.5 Å². The third-order valence-electron chi connectivity index (χ3n) is 4.70. The van der Waals surface area contributed by atoms with Crippen molar-refractivity contribution in [1.29, 1.82) is 0 Å². The van der Waals surface area contributed by atoms with Gasteiger partial charge in [-0.3, -0.25) is 4.79 Å². The first-order valence-corrected chi connectivity index (χ1v) is 10.1. The Morgan fingerprint density at radius 2 is 1.75 bits per heavy atom. The Balaban J connectivity index is 1.86. The average molecular weight is 396 g/mol. The first-order chi connectivity index (χ1) is 13.6. The van der Waals surface area contributed by atoms with Crippen molar-refractivity contribution in [2.24, 2.45) is 0 Å². The van der Waals surface area contributed by atoms with Crippen LogP contribution in [-0.4, -0.2) is 31.1 Å². The third-order valence-corrected chi connectivity index (χ3v) is 5.60. The molecule has 0 aliphatic rings. The maximum Gasteiger partial charge on any atom is 0.254 e. The molecule has 0 saturated heterocycles. The number of nitrogens with zero attached hydrogens (tertiary/aromatic N) is 1. The predicted molar refractivity (Wildman–Crippen MR) is 113 cm³/mol. The quantitative estimate of drug-likeness (QED) is 0.536. The van der Waals surface area contributed by atoms with Crippen molar-refractivity contribution in [2.45, 2.75) is 25.9 Å². The molecule has 146 valence electrons. The Labute approximate surface area is 170 Å². The van der Waals surface area contributed by atoms with Gasteiger partial charge in [0, 0.05) is 29.4 Å². The average Bonchev–Trinajstić information content (AvgIpc) is 3.25. The number of carbonyl (C=O) groups is 1. The molecule has 0 N–H and O–H groups in total. The number of carbonyl (C=O) groups excluding carboxylic acids is 1. The topological polar surface area (TPSA) is 38.8 Å². The van der Waals surface area contributed by atoms with Crippen LogP contribution in [0.3, 0.4) is 0 Å². The summed E-state index contributed by atoms with van der Waals surface area (Å²) in [7, 11) is 3.26. The summed E-state index contributed by atoms with van der Waals surface area (Å²) in [6.45, 7) is 2.63. The van der Waals surface area contributed by atoms with E-state index in [1.165, 1.54) is 4.88 Å². The zero-order valence-corrected chi connectivity index (χ0v) is 17.2. The van der Waals surface area contributed by atoms with Gasteiger partial charge >= 0.3 is 0 Å². The molecule has 0 fully saturated rings. The van der Waals surface area contributed by atoms with Gasteiger partial charge in [-0.15, -0.1) is 11.3 Å². The van der Waals surface area contributed by atoms with Crippen LogP contribution in [-0.2, 0) is 13.0 Å². The second-order valence-corrected chi connectivity index (χ2v) is 7.68. The van der Waals surface area contributed by atoms with Gasteiger partial charge in [-0.2, -0.15) is 0 Å². The molecule has 28 heavy (non-hydrogen) atoms. The van der Waals surface area contributed by atoms with Crippen LogP contribution in [0.4, 0.5) is 0 Å². The fraction of sp³-hybridized carbons (Fsp3) is 0.261. The fourth-order valence-electron chi connectivity index (χ4n) is 3.11. The van der Waals surface area contributed by atoms with Crippen molar-refractivity contribution in [2.75, 3.05) is 14.2 Å². The summed E-state index contributed by atoms with van der Waals surface area (Å²) in [5.74, 6) is 1.49. The van der Waals surface area contributed by atoms with Gasteiger partial charge in [-0.25, -0.2) is 0 Å². The van der Waals surface area contributed by atoms with Crippen molar-refractivity contribution in [3.63, 3.8) is 0 Å². The summed E-state index contributed by atoms with van der Waals surface area (Å²) < 4.78 is 10.5. The highest BCUT2D eigenvalue weighted by Crippen LogP contribution is 2.22. The molecule has 0 aliphatic heterocycles. The largest absolute Gasteiger partial charge is 0.497 e. The van der Waals surface area contributed by atoms with Gasteiger partial charge in [0.05, 0.1) is 14.2 Å². The summed E-state index contributed by atoms with van der Waals surface area (Å²) in [4.78, 5) is 16.6. The van der Waals surface area contributed by atoms with Crippen LogP contribution in [0.2, 0.25) is 0 Å². The molecular weight excluding hydrogens is 370 g/mol. The molecule has 3 rings (SSSR count). The van der Waals surface area contributed by atoms with Crippen LogP contribution in [0, 0.1) is 0 Å². The van der Waals surface area contributed by atoms with E-state index < -0.39 is 0 Å². The van der Waals surface area contributed by atoms with Crippen LogP contribution in [0.25, 0.3) is 0 Å². The standard InChI is InChI=1S/C23H25NO3S/c1-17(14-22-8-5-13-28-22)24(16-18-9-11-20(26-2)12-10-18)23(25)19-6-4-7-21(15-19)27-3/h4-13,15,17H,14,16H2,1-3H3. The molecule has 0 spiro atoms. The van der Waals surface area contributed by atoms with Crippen LogP contribution in [0.15, 0.2) is 66.0 Å². The van der Waals surface area contributed by atoms with E-state index in [0.717, 1.165) is 17.7 Å². The van der Waals surface area contributed by atoms with E-state index in [0.29, 0.717) is 17.9 Å². The van der Waals surface area contributed by atoms with Gasteiger partial charge < -0.3 is 14.4 Å². The first kappa shape index (κ1) is 20.0. The van der Waals surface area contributed by atoms with Crippen LogP contribution in [0.1, 0.15) is 27.7 Å². The Hall–Kier alpha value is -2.79. The highest BCUT2D eigenvalue weighted by atomic mass is 32.1. The van der Waals surface area contributed by atoms with Crippen LogP contribution < -0.4 is 9.47 Å². The minimum atomic E-state index is -0.00114. The summed E-state index contributed by atoms with van der Waals surface area (Å²) in [6, 6.07) is 19.4. The minimum Gasteiger partial charge on any atom is -0.497 e. The van der Waals surface area contributed by atoms with Crippen molar-refractivity contribution < 1.29 is 14.3 Å². The Morgan fingerprint density at radius 1 is 1.00 bits per heavy atom. The monoisotopic (exact) mass is 395 g/mol. The molecular formula is C23H25NO3S. The summed E-state index contributed by atoms with van der Waals surface area (Å²) in [5.41, 5.74) is 1.70. The molecule has 1 amide bonds. The lowest BCUT2D eigenvalue weighted by molar-refractivity contribution is 0.0675. The second kappa shape index (κ2) is 9.42. The highest BCUT2D eigenvalue weighted by molar-refractivity contribution is 7.09. The Kier molecular flexibility index (Phi) is 6.71. The Morgan fingerprint density at radius 3 is 2.39 bits per heavy atom. The highest BCUT2D eigenvalue weighted by Gasteiger charge is 2.23. The molecule has 1 atom stereocenters. The molecule has 5 heteroatoms. The lowest BCUT2D eigenvalue weighted by Gasteiger charge is -2.29. The minimum absolute atomic E-state index is 0.00114. The summed E-state index contributed by atoms with van der Waals surface area (Å²) >= 11 is 1.72. The zero-order valence-electron chi connectivity index (χ0n) is 16.4. The summed E-state index contributed by atoms with van der Waals surface area (Å²) in [6.07, 6.45) is 0.823. The van der Waals surface area contributed by atoms with E-state index in [-0.39, 0.29) is 11.9 Å². The number of hydrogen-bond acceptors (Lipinski definition) is 4. The number of methoxy groups -OCH3 is 2. The molecule has 1 aromatic heterocycles. The van der Waals surface area contributed by atoms with E-state index in [1.807, 2.05) is 53.4 Å². The summed E-state index contributed by atoms with van der Waals surface area (Å²) in [5, 5.41) is 2.07. The van der Waals surface area contributed by atoms with Gasteiger partial charge in [0.25, 0.3) is 5.91 Å². The number of benzene rings is 2. The van der Waals surface area contributed by atoms with Crippen molar-refractivity contribution in [1.82, 2.24) is 4.90 Å². The van der Waals surface area contributed by atoms with E-state index in [1.54, 1.807) is 31.6 Å². The number of rotatable bonds is 8. The zero-order chi connectivity index (χ0) is 19.9. The van der Waals surface area contributed by atoms with E-state index >= 15 is 0 Å². The van der Waals surface area contributed by atoms with Crippen molar-refractivity contribution >= 4 is 17.2 Å². The maximum absolute atomic E-state index is 13.4. The normalized spacial score (nSPS) is 11.7. The number of hydrogen-bond donors (Lipinski definition) is 0. The molecule has 0 radical (unpaired) electrons. The maximum atomic E-state index is 13.4. The SMILES string of the molecule is COc1ccc(CN(C(=O)c2cccc(OC)c2)C(C)Cc2cccs2)cc1. The molecule has 1 unspecified atom stereocenters. The van der Waals surface area contributed by atoms with Gasteiger partial charge in [0.1, 0.15) is 11.5 Å². The molecule has 0 bridgehead atoms. The third kappa shape index (κ3) is 4.93. The number of ether oxygens (including phenoxy) is 2. The van der Waals surface area contributed by atoms with E-state index in [9.17, 15) is 4.79 Å². The first-order valence-electron chi connectivity index (χ1n) is 9.21. The fourth-order valence-corrected chi connectivity index (χ4v) is 3.93. The predicted octanol–water partition coefficient (Wildman–Crippen LogP) is 5.04. The van der Waals surface area contributed by atoms with Gasteiger partial charge in [0.15, 0.2) is 0 Å². The van der Waals surface area contributed by atoms with Gasteiger partial charge in [0.2, 0.25) is 0 Å². The molecule has 0 saturated carbocycles. The molecule has 2 aromatic carbocycles. The lowest BCUT2D eigenvalue weighted by Crippen LogP contribution is -2.39. The van der Waals surface area contributed by atoms with Gasteiger partial charge in [-0.05, 0) is 54.3 Å². The van der Waals surface area contributed by atoms with Crippen molar-refractivity contribution in [3.05, 3.63) is 82.0 Å². The molecule has 1 heterocycles. The van der Waals surface area contributed by atoms with E-state index in [2.05, 4.69) is 18.4 Å². The van der Waals surface area contributed by atoms with Gasteiger partial charge in [-0.1, -0.05) is 24.3 Å². The van der Waals surface area contributed by atoms with E-state index in [4.69, 9.17) is 9.47 Å². The van der Waals surface area contributed by atoms with Crippen LogP contribution in [0.5, 0.6) is 11.5 Å². The number of thiophene rings is 1. The second-order valence-electron chi connectivity index (χ2n) is 6.65. The molecule has 0 aliphatic carbocycles. The number of amides is 1. The molecule has 4 nitrogen and oxygen atoms in total.